The third-order valence-corrected chi connectivity index (χ3v) is 4.55. The third-order valence-electron chi connectivity index (χ3n) is 3.81. The molecule has 1 amide bonds. The van der Waals surface area contributed by atoms with Gasteiger partial charge < -0.3 is 14.8 Å². The monoisotopic (exact) mass is 470 g/mol. The van der Waals surface area contributed by atoms with Crippen LogP contribution in [0.2, 0.25) is 0 Å². The van der Waals surface area contributed by atoms with Gasteiger partial charge >= 0.3 is 0 Å². The molecule has 0 aliphatic carbocycles. The minimum absolute atomic E-state index is 0.208. The van der Waals surface area contributed by atoms with Gasteiger partial charge in [-0.2, -0.15) is 0 Å². The van der Waals surface area contributed by atoms with Crippen LogP contribution in [0.1, 0.15) is 10.4 Å². The van der Waals surface area contributed by atoms with Crippen LogP contribution in [0.25, 0.3) is 0 Å². The topological polar surface area (TPSA) is 59.6 Å². The van der Waals surface area contributed by atoms with E-state index in [1.807, 2.05) is 60.7 Å². The minimum atomic E-state index is -0.348. The average Bonchev–Trinajstić information content (AvgIpc) is 2.74. The predicted octanol–water partition coefficient (Wildman–Crippen LogP) is 5.03. The molecule has 0 unspecified atom stereocenters. The van der Waals surface area contributed by atoms with E-state index >= 15 is 0 Å². The molecule has 0 aromatic heterocycles. The van der Waals surface area contributed by atoms with Crippen molar-refractivity contribution < 1.29 is 14.3 Å². The number of hydrogen-bond donors (Lipinski definition) is 2. The van der Waals surface area contributed by atoms with Crippen LogP contribution in [0, 0.1) is 0 Å². The number of halogens is 1. The number of hydrogen-bond acceptors (Lipinski definition) is 4. The second-order valence-electron chi connectivity index (χ2n) is 5.92. The zero-order chi connectivity index (χ0) is 20.5. The molecule has 148 valence electrons. The summed E-state index contributed by atoms with van der Waals surface area (Å²) in [5.74, 6) is 0.888. The summed E-state index contributed by atoms with van der Waals surface area (Å²) in [6, 6.07) is 24.0. The number of amides is 1. The summed E-state index contributed by atoms with van der Waals surface area (Å²) < 4.78 is 12.3. The summed E-state index contributed by atoms with van der Waals surface area (Å²) in [6.45, 7) is 0.671. The number of anilines is 1. The Morgan fingerprint density at radius 1 is 0.862 bits per heavy atom. The Morgan fingerprint density at radius 2 is 1.52 bits per heavy atom. The van der Waals surface area contributed by atoms with Crippen LogP contribution in [0.4, 0.5) is 5.69 Å². The van der Waals surface area contributed by atoms with Crippen molar-refractivity contribution in [2.75, 3.05) is 18.5 Å². The minimum Gasteiger partial charge on any atom is -0.490 e. The molecule has 0 spiro atoms. The normalized spacial score (nSPS) is 10.1. The fourth-order valence-electron chi connectivity index (χ4n) is 2.47. The van der Waals surface area contributed by atoms with Crippen LogP contribution in [0.3, 0.4) is 0 Å². The van der Waals surface area contributed by atoms with E-state index in [1.165, 1.54) is 0 Å². The van der Waals surface area contributed by atoms with Crippen LogP contribution in [0.5, 0.6) is 11.5 Å². The number of carbonyl (C=O) groups is 1. The molecule has 7 heteroatoms. The summed E-state index contributed by atoms with van der Waals surface area (Å²) in [4.78, 5) is 12.6. The zero-order valence-corrected chi connectivity index (χ0v) is 17.8. The Balaban J connectivity index is 1.53. The van der Waals surface area contributed by atoms with Crippen molar-refractivity contribution in [2.45, 2.75) is 0 Å². The molecule has 5 nitrogen and oxygen atoms in total. The largest absolute Gasteiger partial charge is 0.490 e. The number of ether oxygens (including phenoxy) is 2. The summed E-state index contributed by atoms with van der Waals surface area (Å²) in [5.41, 5.74) is 1.17. The van der Waals surface area contributed by atoms with Crippen LogP contribution in [0.15, 0.2) is 83.3 Å². The Hall–Kier alpha value is -2.90. The first kappa shape index (κ1) is 20.8. The summed E-state index contributed by atoms with van der Waals surface area (Å²) in [7, 11) is 0. The molecule has 29 heavy (non-hydrogen) atoms. The van der Waals surface area contributed by atoms with E-state index in [2.05, 4.69) is 26.6 Å². The van der Waals surface area contributed by atoms with Crippen molar-refractivity contribution in [3.05, 3.63) is 88.9 Å². The molecule has 0 radical (unpaired) electrons. The molecule has 3 aromatic carbocycles. The molecule has 0 heterocycles. The molecule has 0 fully saturated rings. The average molecular weight is 471 g/mol. The van der Waals surface area contributed by atoms with E-state index in [1.54, 1.807) is 18.2 Å². The fraction of sp³-hybridized carbons (Fsp3) is 0.0909. The molecule has 0 saturated carbocycles. The van der Waals surface area contributed by atoms with E-state index in [0.29, 0.717) is 24.5 Å². The Bertz CT molecular complexity index is 965. The smallest absolute Gasteiger partial charge is 0.261 e. The first-order valence-electron chi connectivity index (χ1n) is 8.89. The number of benzene rings is 3. The van der Waals surface area contributed by atoms with E-state index in [9.17, 15) is 4.79 Å². The summed E-state index contributed by atoms with van der Waals surface area (Å²) >= 11 is 8.61. The standard InChI is InChI=1S/C22H19BrN2O3S/c23-16-10-12-17(13-11-16)24-22(29)25-21(26)19-8-4-5-9-20(19)28-15-14-27-18-6-2-1-3-7-18/h1-13H,14-15H2,(H2,24,25,26,29). The lowest BCUT2D eigenvalue weighted by molar-refractivity contribution is 0.0972. The van der Waals surface area contributed by atoms with Crippen LogP contribution >= 0.6 is 28.1 Å². The van der Waals surface area contributed by atoms with Gasteiger partial charge in [0.2, 0.25) is 0 Å². The second kappa shape index (κ2) is 10.6. The number of thiocarbonyl (C=S) groups is 1. The SMILES string of the molecule is O=C(NC(=S)Nc1ccc(Br)cc1)c1ccccc1OCCOc1ccccc1. The Morgan fingerprint density at radius 3 is 2.28 bits per heavy atom. The van der Waals surface area contributed by atoms with Crippen molar-refractivity contribution in [2.24, 2.45) is 0 Å². The lowest BCUT2D eigenvalue weighted by atomic mass is 10.2. The fourth-order valence-corrected chi connectivity index (χ4v) is 2.95. The predicted molar refractivity (Wildman–Crippen MR) is 122 cm³/mol. The van der Waals surface area contributed by atoms with Gasteiger partial charge in [0.15, 0.2) is 5.11 Å². The molecule has 3 aromatic rings. The van der Waals surface area contributed by atoms with Gasteiger partial charge in [0.1, 0.15) is 24.7 Å². The molecular formula is C22H19BrN2O3S. The van der Waals surface area contributed by atoms with Crippen molar-refractivity contribution in [1.82, 2.24) is 5.32 Å². The van der Waals surface area contributed by atoms with Crippen molar-refractivity contribution >= 4 is 44.9 Å². The van der Waals surface area contributed by atoms with E-state index in [-0.39, 0.29) is 11.0 Å². The highest BCUT2D eigenvalue weighted by Crippen LogP contribution is 2.18. The highest BCUT2D eigenvalue weighted by atomic mass is 79.9. The highest BCUT2D eigenvalue weighted by molar-refractivity contribution is 9.10. The van der Waals surface area contributed by atoms with E-state index in [0.717, 1.165) is 15.9 Å². The van der Waals surface area contributed by atoms with E-state index < -0.39 is 0 Å². The molecule has 0 atom stereocenters. The third kappa shape index (κ3) is 6.58. The highest BCUT2D eigenvalue weighted by Gasteiger charge is 2.13. The number of carbonyl (C=O) groups excluding carboxylic acids is 1. The molecule has 0 bridgehead atoms. The van der Waals surface area contributed by atoms with Crippen molar-refractivity contribution in [3.8, 4) is 11.5 Å². The summed E-state index contributed by atoms with van der Waals surface area (Å²) in [6.07, 6.45) is 0. The van der Waals surface area contributed by atoms with Gasteiger partial charge in [-0.1, -0.05) is 46.3 Å². The van der Waals surface area contributed by atoms with Gasteiger partial charge in [0.25, 0.3) is 5.91 Å². The zero-order valence-electron chi connectivity index (χ0n) is 15.4. The van der Waals surface area contributed by atoms with Gasteiger partial charge in [-0.25, -0.2) is 0 Å². The first-order valence-corrected chi connectivity index (χ1v) is 10.1. The van der Waals surface area contributed by atoms with E-state index in [4.69, 9.17) is 21.7 Å². The van der Waals surface area contributed by atoms with Gasteiger partial charge in [-0.3, -0.25) is 10.1 Å². The summed E-state index contributed by atoms with van der Waals surface area (Å²) in [5, 5.41) is 5.86. The Labute approximate surface area is 183 Å². The van der Waals surface area contributed by atoms with Gasteiger partial charge in [0, 0.05) is 10.2 Å². The molecule has 2 N–H and O–H groups in total. The van der Waals surface area contributed by atoms with Gasteiger partial charge in [-0.05, 0) is 60.7 Å². The first-order chi connectivity index (χ1) is 14.1. The van der Waals surface area contributed by atoms with Crippen molar-refractivity contribution in [1.29, 1.82) is 0 Å². The maximum Gasteiger partial charge on any atom is 0.261 e. The second-order valence-corrected chi connectivity index (χ2v) is 7.25. The quantitative estimate of drug-likeness (QED) is 0.374. The molecule has 0 aliphatic heterocycles. The van der Waals surface area contributed by atoms with Crippen LogP contribution in [-0.2, 0) is 0 Å². The number of rotatable bonds is 7. The maximum atomic E-state index is 12.6. The number of nitrogens with one attached hydrogen (secondary N) is 2. The van der Waals surface area contributed by atoms with Gasteiger partial charge in [-0.15, -0.1) is 0 Å². The molecular weight excluding hydrogens is 452 g/mol. The van der Waals surface area contributed by atoms with Crippen LogP contribution in [-0.4, -0.2) is 24.2 Å². The molecule has 0 aliphatic rings. The number of para-hydroxylation sites is 2. The van der Waals surface area contributed by atoms with Crippen LogP contribution < -0.4 is 20.1 Å². The van der Waals surface area contributed by atoms with Crippen molar-refractivity contribution in [3.63, 3.8) is 0 Å². The van der Waals surface area contributed by atoms with Gasteiger partial charge in [0.05, 0.1) is 5.56 Å². The Kier molecular flexibility index (Phi) is 7.61. The lowest BCUT2D eigenvalue weighted by Gasteiger charge is -2.13. The maximum absolute atomic E-state index is 12.6. The molecule has 0 saturated heterocycles. The molecule has 3 rings (SSSR count). The lowest BCUT2D eigenvalue weighted by Crippen LogP contribution is -2.34.